The van der Waals surface area contributed by atoms with Gasteiger partial charge in [0.05, 0.1) is 20.8 Å². The number of hydrogen-bond donors (Lipinski definition) is 1. The van der Waals surface area contributed by atoms with Crippen LogP contribution in [0.3, 0.4) is 0 Å². The Hall–Kier alpha value is -2.93. The van der Waals surface area contributed by atoms with Crippen LogP contribution in [-0.2, 0) is 29.0 Å². The Morgan fingerprint density at radius 3 is 1.78 bits per heavy atom. The number of benzene rings is 2. The maximum Gasteiger partial charge on any atom is 0.304 e. The molecule has 0 unspecified atom stereocenters. The van der Waals surface area contributed by atoms with Crippen LogP contribution in [0, 0.1) is 0 Å². The summed E-state index contributed by atoms with van der Waals surface area (Å²) in [6.07, 6.45) is 5.77. The SMILES string of the molecule is C=CCc1c(C=O)cccc1OC.C=CCc1c(CO)cccc1OC.O=C(Cl)C(=O)Cl. The zero-order valence-electron chi connectivity index (χ0n) is 18.0. The van der Waals surface area contributed by atoms with Gasteiger partial charge in [-0.2, -0.15) is 0 Å². The molecule has 0 saturated heterocycles. The molecule has 0 saturated carbocycles. The van der Waals surface area contributed by atoms with Crippen LogP contribution in [0.25, 0.3) is 0 Å². The predicted octanol–water partition coefficient (Wildman–Crippen LogP) is 4.67. The summed E-state index contributed by atoms with van der Waals surface area (Å²) < 4.78 is 10.3. The highest BCUT2D eigenvalue weighted by Gasteiger charge is 2.06. The molecular formula is C24H26Cl2O6. The van der Waals surface area contributed by atoms with E-state index in [1.54, 1.807) is 38.5 Å². The number of methoxy groups -OCH3 is 2. The largest absolute Gasteiger partial charge is 0.496 e. The molecule has 2 aromatic carbocycles. The number of rotatable bonds is 9. The van der Waals surface area contributed by atoms with Gasteiger partial charge in [-0.1, -0.05) is 36.4 Å². The maximum absolute atomic E-state index is 10.7. The zero-order valence-corrected chi connectivity index (χ0v) is 19.5. The highest BCUT2D eigenvalue weighted by Crippen LogP contribution is 2.23. The number of aliphatic hydroxyl groups is 1. The lowest BCUT2D eigenvalue weighted by Gasteiger charge is -2.10. The Kier molecular flexibility index (Phi) is 15.2. The quantitative estimate of drug-likeness (QED) is 0.242. The van der Waals surface area contributed by atoms with Crippen molar-refractivity contribution < 1.29 is 29.0 Å². The van der Waals surface area contributed by atoms with E-state index in [4.69, 9.17) is 14.6 Å². The van der Waals surface area contributed by atoms with Crippen molar-refractivity contribution in [1.82, 2.24) is 0 Å². The molecule has 0 aliphatic carbocycles. The van der Waals surface area contributed by atoms with Crippen LogP contribution in [0.15, 0.2) is 61.7 Å². The second-order valence-electron chi connectivity index (χ2n) is 5.93. The molecule has 0 atom stereocenters. The first-order chi connectivity index (χ1) is 15.3. The van der Waals surface area contributed by atoms with Crippen molar-refractivity contribution in [3.05, 3.63) is 84.0 Å². The van der Waals surface area contributed by atoms with Gasteiger partial charge in [0, 0.05) is 16.7 Å². The third-order valence-corrected chi connectivity index (χ3v) is 4.43. The summed E-state index contributed by atoms with van der Waals surface area (Å²) in [5.74, 6) is 1.55. The first-order valence-corrected chi connectivity index (χ1v) is 10.0. The fourth-order valence-electron chi connectivity index (χ4n) is 2.57. The number of halogens is 2. The third kappa shape index (κ3) is 9.92. The number of carbonyl (C=O) groups is 3. The van der Waals surface area contributed by atoms with Crippen LogP contribution in [0.5, 0.6) is 11.5 Å². The third-order valence-electron chi connectivity index (χ3n) is 3.99. The fraction of sp³-hybridized carbons (Fsp3) is 0.208. The van der Waals surface area contributed by atoms with Crippen molar-refractivity contribution in [3.8, 4) is 11.5 Å². The summed E-state index contributed by atoms with van der Waals surface area (Å²) in [6.45, 7) is 7.35. The lowest BCUT2D eigenvalue weighted by molar-refractivity contribution is -0.127. The van der Waals surface area contributed by atoms with Gasteiger partial charge >= 0.3 is 10.5 Å². The lowest BCUT2D eigenvalue weighted by atomic mass is 10.0. The lowest BCUT2D eigenvalue weighted by Crippen LogP contribution is -1.97. The van der Waals surface area contributed by atoms with Gasteiger partial charge in [0.25, 0.3) is 0 Å². The molecule has 2 aromatic rings. The normalized spacial score (nSPS) is 9.16. The molecule has 0 radical (unpaired) electrons. The summed E-state index contributed by atoms with van der Waals surface area (Å²) in [7, 11) is 3.22. The van der Waals surface area contributed by atoms with E-state index in [1.807, 2.05) is 24.3 Å². The van der Waals surface area contributed by atoms with Gasteiger partial charge in [0.1, 0.15) is 17.8 Å². The number of ether oxygens (including phenoxy) is 2. The summed E-state index contributed by atoms with van der Waals surface area (Å²) in [5.41, 5.74) is 3.48. The number of aldehydes is 1. The molecule has 0 heterocycles. The highest BCUT2D eigenvalue weighted by atomic mass is 35.5. The van der Waals surface area contributed by atoms with Gasteiger partial charge in [0.15, 0.2) is 0 Å². The molecule has 0 aromatic heterocycles. The van der Waals surface area contributed by atoms with Gasteiger partial charge in [-0.15, -0.1) is 13.2 Å². The van der Waals surface area contributed by atoms with E-state index in [-0.39, 0.29) is 6.61 Å². The first-order valence-electron chi connectivity index (χ1n) is 9.28. The molecule has 172 valence electrons. The van der Waals surface area contributed by atoms with Crippen molar-refractivity contribution in [2.24, 2.45) is 0 Å². The predicted molar refractivity (Wildman–Crippen MR) is 127 cm³/mol. The van der Waals surface area contributed by atoms with Crippen LogP contribution in [-0.4, -0.2) is 36.1 Å². The van der Waals surface area contributed by atoms with Crippen molar-refractivity contribution in [2.75, 3.05) is 14.2 Å². The number of allylic oxidation sites excluding steroid dienone is 2. The van der Waals surface area contributed by atoms with Crippen LogP contribution in [0.2, 0.25) is 0 Å². The van der Waals surface area contributed by atoms with E-state index in [2.05, 4.69) is 36.4 Å². The molecular weight excluding hydrogens is 455 g/mol. The van der Waals surface area contributed by atoms with E-state index in [1.165, 1.54) is 0 Å². The molecule has 0 amide bonds. The van der Waals surface area contributed by atoms with Gasteiger partial charge in [-0.05, 0) is 53.7 Å². The summed E-state index contributed by atoms with van der Waals surface area (Å²) in [5, 5.41) is 6.79. The van der Waals surface area contributed by atoms with Crippen LogP contribution < -0.4 is 9.47 Å². The summed E-state index contributed by atoms with van der Waals surface area (Å²) >= 11 is 8.98. The van der Waals surface area contributed by atoms with Gasteiger partial charge in [-0.25, -0.2) is 0 Å². The topological polar surface area (TPSA) is 89.9 Å². The zero-order chi connectivity index (χ0) is 24.5. The molecule has 0 aliphatic heterocycles. The Morgan fingerprint density at radius 2 is 1.38 bits per heavy atom. The van der Waals surface area contributed by atoms with Crippen LogP contribution in [0.4, 0.5) is 0 Å². The van der Waals surface area contributed by atoms with E-state index < -0.39 is 10.5 Å². The van der Waals surface area contributed by atoms with Crippen molar-refractivity contribution in [1.29, 1.82) is 0 Å². The minimum absolute atomic E-state index is 0.0420. The number of carbonyl (C=O) groups excluding carboxylic acids is 3. The maximum atomic E-state index is 10.7. The molecule has 0 bridgehead atoms. The number of aliphatic hydroxyl groups excluding tert-OH is 1. The second kappa shape index (κ2) is 16.7. The molecule has 8 heteroatoms. The van der Waals surface area contributed by atoms with Crippen LogP contribution >= 0.6 is 23.2 Å². The minimum atomic E-state index is -1.14. The highest BCUT2D eigenvalue weighted by molar-refractivity contribution is 6.97. The van der Waals surface area contributed by atoms with Crippen molar-refractivity contribution in [3.63, 3.8) is 0 Å². The van der Waals surface area contributed by atoms with Gasteiger partial charge in [0.2, 0.25) is 0 Å². The van der Waals surface area contributed by atoms with E-state index in [9.17, 15) is 14.4 Å². The smallest absolute Gasteiger partial charge is 0.304 e. The Labute approximate surface area is 198 Å². The molecule has 0 fully saturated rings. The number of hydrogen-bond acceptors (Lipinski definition) is 6. The molecule has 2 rings (SSSR count). The molecule has 6 nitrogen and oxygen atoms in total. The monoisotopic (exact) mass is 480 g/mol. The molecule has 0 spiro atoms. The fourth-order valence-corrected chi connectivity index (χ4v) is 2.57. The Morgan fingerprint density at radius 1 is 0.906 bits per heavy atom. The van der Waals surface area contributed by atoms with Crippen molar-refractivity contribution >= 4 is 40.0 Å². The average molecular weight is 481 g/mol. The Balaban J connectivity index is 0.000000484. The first kappa shape index (κ1) is 29.1. The minimum Gasteiger partial charge on any atom is -0.496 e. The van der Waals surface area contributed by atoms with Gasteiger partial charge in [-0.3, -0.25) is 14.4 Å². The average Bonchev–Trinajstić information content (AvgIpc) is 2.80. The molecule has 32 heavy (non-hydrogen) atoms. The standard InChI is InChI=1S/C11H14O2.C11H12O2.C2Cl2O2/c2*1-3-5-10-9(8-12)6-4-7-11(10)13-2;3-1(5)2(4)6/h3-4,6-7,12H,1,5,8H2,2H3;3-4,6-8H,1,5H2,2H3;. The summed E-state index contributed by atoms with van der Waals surface area (Å²) in [4.78, 5) is 29.5. The van der Waals surface area contributed by atoms with Gasteiger partial charge < -0.3 is 14.6 Å². The van der Waals surface area contributed by atoms with Crippen molar-refractivity contribution in [2.45, 2.75) is 19.4 Å². The summed E-state index contributed by atoms with van der Waals surface area (Å²) in [6, 6.07) is 11.1. The second-order valence-corrected chi connectivity index (χ2v) is 6.62. The molecule has 0 aliphatic rings. The van der Waals surface area contributed by atoms with E-state index in [0.29, 0.717) is 12.0 Å². The van der Waals surface area contributed by atoms with E-state index >= 15 is 0 Å². The van der Waals surface area contributed by atoms with Crippen LogP contribution in [0.1, 0.15) is 27.0 Å². The van der Waals surface area contributed by atoms with E-state index in [0.717, 1.165) is 40.9 Å². The molecule has 1 N–H and O–H groups in total. The Bertz CT molecular complexity index is 890.